The van der Waals surface area contributed by atoms with Crippen LogP contribution in [0.4, 0.5) is 0 Å². The van der Waals surface area contributed by atoms with Crippen LogP contribution < -0.4 is 0 Å². The Hall–Kier alpha value is -0.970. The second kappa shape index (κ2) is 3.94. The molecule has 10 heavy (non-hydrogen) atoms. The van der Waals surface area contributed by atoms with Crippen LogP contribution in [-0.4, -0.2) is 41.4 Å². The lowest BCUT2D eigenvalue weighted by molar-refractivity contribution is -0.129. The van der Waals surface area contributed by atoms with E-state index in [1.807, 2.05) is 0 Å². The van der Waals surface area contributed by atoms with Crippen molar-refractivity contribution in [3.8, 4) is 0 Å². The molecule has 0 aromatic rings. The highest BCUT2D eigenvalue weighted by molar-refractivity contribution is 7.82. The monoisotopic (exact) mass is 160 g/mol. The Kier molecular flexibility index (Phi) is 3.56. The number of hydrogen-bond donors (Lipinski definition) is 1. The van der Waals surface area contributed by atoms with Gasteiger partial charge in [-0.15, -0.1) is 0 Å². The van der Waals surface area contributed by atoms with Crippen molar-refractivity contribution >= 4 is 29.5 Å². The Bertz CT molecular complexity index is 176. The molecule has 0 aromatic heterocycles. The number of carbonyl (C=O) groups is 1. The van der Waals surface area contributed by atoms with Gasteiger partial charge in [-0.2, -0.15) is 0 Å². The van der Waals surface area contributed by atoms with Gasteiger partial charge in [-0.1, -0.05) is 12.2 Å². The molecule has 0 saturated carbocycles. The molecule has 0 rings (SSSR count). The summed E-state index contributed by atoms with van der Waals surface area (Å²) in [6.45, 7) is 0. The summed E-state index contributed by atoms with van der Waals surface area (Å²) >= 11 is 4.37. The predicted molar refractivity (Wildman–Crippen MR) is 42.4 cm³/mol. The van der Waals surface area contributed by atoms with Gasteiger partial charge in [-0.3, -0.25) is 0 Å². The molecular formula is C5H8N2O2S. The van der Waals surface area contributed by atoms with Crippen molar-refractivity contribution in [2.75, 3.05) is 14.1 Å². The van der Waals surface area contributed by atoms with E-state index in [-0.39, 0.29) is 4.99 Å². The van der Waals surface area contributed by atoms with E-state index in [9.17, 15) is 4.79 Å². The molecule has 0 bridgehead atoms. The molecule has 0 spiro atoms. The molecule has 0 atom stereocenters. The summed E-state index contributed by atoms with van der Waals surface area (Å²) in [5, 5.41) is 8.22. The zero-order valence-corrected chi connectivity index (χ0v) is 6.55. The van der Waals surface area contributed by atoms with E-state index in [0.717, 1.165) is 0 Å². The maximum Gasteiger partial charge on any atom is 0.365 e. The smallest absolute Gasteiger partial charge is 0.365 e. The van der Waals surface area contributed by atoms with E-state index >= 15 is 0 Å². The minimum Gasteiger partial charge on any atom is -0.476 e. The standard InChI is InChI=1S/C5H8N2O2S/c1-7(2)3-6-4(10)5(8)9/h3H,1-2H3,(H,8,9). The van der Waals surface area contributed by atoms with Crippen LogP contribution in [0.3, 0.4) is 0 Å². The topological polar surface area (TPSA) is 52.9 Å². The van der Waals surface area contributed by atoms with Crippen LogP contribution in [0.2, 0.25) is 0 Å². The molecule has 0 radical (unpaired) electrons. The van der Waals surface area contributed by atoms with Gasteiger partial charge in [0.25, 0.3) is 0 Å². The Morgan fingerprint density at radius 1 is 1.70 bits per heavy atom. The Balaban J connectivity index is 3.91. The Labute approximate surface area is 64.2 Å². The van der Waals surface area contributed by atoms with Crippen molar-refractivity contribution in [2.24, 2.45) is 4.99 Å². The maximum absolute atomic E-state index is 10.0. The predicted octanol–water partition coefficient (Wildman–Crippen LogP) is -0.0117. The lowest BCUT2D eigenvalue weighted by Crippen LogP contribution is -2.13. The summed E-state index contributed by atoms with van der Waals surface area (Å²) in [6, 6.07) is 0. The third kappa shape index (κ3) is 3.96. The summed E-state index contributed by atoms with van der Waals surface area (Å²) in [4.78, 5) is 14.8. The summed E-state index contributed by atoms with van der Waals surface area (Å²) in [5.41, 5.74) is 0. The number of thiocarbonyl (C=S) groups is 1. The Morgan fingerprint density at radius 2 is 2.20 bits per heavy atom. The highest BCUT2D eigenvalue weighted by Gasteiger charge is 2.01. The van der Waals surface area contributed by atoms with Gasteiger partial charge in [-0.25, -0.2) is 9.79 Å². The molecule has 0 heterocycles. The van der Waals surface area contributed by atoms with Gasteiger partial charge in [0.15, 0.2) is 0 Å². The van der Waals surface area contributed by atoms with E-state index in [1.54, 1.807) is 19.0 Å². The minimum absolute atomic E-state index is 0.325. The van der Waals surface area contributed by atoms with Crippen LogP contribution in [0, 0.1) is 0 Å². The average molecular weight is 160 g/mol. The third-order valence-electron chi connectivity index (χ3n) is 0.589. The number of rotatable bonds is 1. The lowest BCUT2D eigenvalue weighted by Gasteiger charge is -2.00. The highest BCUT2D eigenvalue weighted by Crippen LogP contribution is 1.79. The van der Waals surface area contributed by atoms with Crippen LogP contribution in [-0.2, 0) is 4.79 Å². The van der Waals surface area contributed by atoms with Gasteiger partial charge in [0.05, 0.1) is 6.34 Å². The van der Waals surface area contributed by atoms with Crippen molar-refractivity contribution in [1.82, 2.24) is 4.90 Å². The van der Waals surface area contributed by atoms with Crippen LogP contribution >= 0.6 is 12.2 Å². The molecule has 0 unspecified atom stereocenters. The average Bonchev–Trinajstić information content (AvgIpc) is 1.82. The molecule has 0 aromatic carbocycles. The quantitative estimate of drug-likeness (QED) is 0.333. The molecule has 56 valence electrons. The molecule has 0 fully saturated rings. The van der Waals surface area contributed by atoms with E-state index in [4.69, 9.17) is 5.11 Å². The molecule has 0 amide bonds. The summed E-state index contributed by atoms with van der Waals surface area (Å²) in [6.07, 6.45) is 1.34. The first kappa shape index (κ1) is 9.03. The van der Waals surface area contributed by atoms with Crippen molar-refractivity contribution in [1.29, 1.82) is 0 Å². The number of nitrogens with zero attached hydrogens (tertiary/aromatic N) is 2. The number of hydrogen-bond acceptors (Lipinski definition) is 2. The van der Waals surface area contributed by atoms with Crippen LogP contribution in [0.1, 0.15) is 0 Å². The molecule has 0 saturated heterocycles. The molecule has 0 aliphatic rings. The van der Waals surface area contributed by atoms with Gasteiger partial charge < -0.3 is 10.0 Å². The van der Waals surface area contributed by atoms with Crippen molar-refractivity contribution in [3.05, 3.63) is 0 Å². The molecular weight excluding hydrogens is 152 g/mol. The third-order valence-corrected chi connectivity index (χ3v) is 0.869. The van der Waals surface area contributed by atoms with Crippen molar-refractivity contribution in [3.63, 3.8) is 0 Å². The highest BCUT2D eigenvalue weighted by atomic mass is 32.1. The zero-order chi connectivity index (χ0) is 8.15. The molecule has 5 heteroatoms. The number of carboxylic acids is 1. The van der Waals surface area contributed by atoms with Crippen molar-refractivity contribution < 1.29 is 9.90 Å². The van der Waals surface area contributed by atoms with Gasteiger partial charge in [-0.05, 0) is 0 Å². The van der Waals surface area contributed by atoms with Gasteiger partial charge in [0.2, 0.25) is 4.99 Å². The fraction of sp³-hybridized carbons (Fsp3) is 0.400. The number of carboxylic acid groups (broad SMARTS) is 1. The minimum atomic E-state index is -1.17. The first-order chi connectivity index (χ1) is 4.54. The SMILES string of the molecule is CN(C)C=NC(=S)C(=O)O. The van der Waals surface area contributed by atoms with E-state index in [2.05, 4.69) is 17.2 Å². The first-order valence-corrected chi connectivity index (χ1v) is 2.92. The first-order valence-electron chi connectivity index (χ1n) is 2.52. The van der Waals surface area contributed by atoms with E-state index in [0.29, 0.717) is 0 Å². The largest absolute Gasteiger partial charge is 0.476 e. The van der Waals surface area contributed by atoms with Gasteiger partial charge in [0, 0.05) is 14.1 Å². The van der Waals surface area contributed by atoms with Crippen LogP contribution in [0.25, 0.3) is 0 Å². The molecule has 1 N–H and O–H groups in total. The van der Waals surface area contributed by atoms with Crippen LogP contribution in [0.15, 0.2) is 4.99 Å². The number of aliphatic carboxylic acids is 1. The molecule has 0 aliphatic carbocycles. The number of aliphatic imine (C=N–C) groups is 1. The molecule has 0 aliphatic heterocycles. The van der Waals surface area contributed by atoms with E-state index in [1.165, 1.54) is 6.34 Å². The lowest BCUT2D eigenvalue weighted by atomic mass is 10.7. The van der Waals surface area contributed by atoms with Crippen LogP contribution in [0.5, 0.6) is 0 Å². The second-order valence-electron chi connectivity index (χ2n) is 1.82. The molecule has 4 nitrogen and oxygen atoms in total. The van der Waals surface area contributed by atoms with Gasteiger partial charge >= 0.3 is 5.97 Å². The normalized spacial score (nSPS) is 9.80. The van der Waals surface area contributed by atoms with Crippen molar-refractivity contribution in [2.45, 2.75) is 0 Å². The summed E-state index contributed by atoms with van der Waals surface area (Å²) in [7, 11) is 3.46. The second-order valence-corrected chi connectivity index (χ2v) is 2.21. The zero-order valence-electron chi connectivity index (χ0n) is 5.74. The Morgan fingerprint density at radius 3 is 2.50 bits per heavy atom. The fourth-order valence-electron chi connectivity index (χ4n) is 0.223. The fourth-order valence-corrected chi connectivity index (χ4v) is 0.270. The van der Waals surface area contributed by atoms with Gasteiger partial charge in [0.1, 0.15) is 0 Å². The summed E-state index contributed by atoms with van der Waals surface area (Å²) < 4.78 is 0. The summed E-state index contributed by atoms with van der Waals surface area (Å²) in [5.74, 6) is -1.17. The maximum atomic E-state index is 10.0. The van der Waals surface area contributed by atoms with E-state index < -0.39 is 5.97 Å².